The van der Waals surface area contributed by atoms with Crippen LogP contribution < -0.4 is 0 Å². The maximum absolute atomic E-state index is 12.0. The molecule has 1 heterocycles. The van der Waals surface area contributed by atoms with E-state index in [4.69, 9.17) is 0 Å². The molecule has 0 saturated heterocycles. The molecule has 0 fully saturated rings. The van der Waals surface area contributed by atoms with Crippen molar-refractivity contribution < 1.29 is 4.70 Å². The van der Waals surface area contributed by atoms with Gasteiger partial charge in [-0.15, -0.1) is 0 Å². The van der Waals surface area contributed by atoms with Crippen LogP contribution in [0.25, 0.3) is 16.9 Å². The van der Waals surface area contributed by atoms with Gasteiger partial charge in [0.15, 0.2) is 0 Å². The number of hydrogen-bond acceptors (Lipinski definition) is 0. The lowest BCUT2D eigenvalue weighted by atomic mass is 9.91. The van der Waals surface area contributed by atoms with Gasteiger partial charge in [0.2, 0.25) is 11.4 Å². The summed E-state index contributed by atoms with van der Waals surface area (Å²) in [5.41, 5.74) is 21.8. The van der Waals surface area contributed by atoms with Crippen molar-refractivity contribution in [3.05, 3.63) is 87.5 Å². The Kier molecular flexibility index (Phi) is 13.7. The molecular weight excluding hydrogens is 472 g/mol. The van der Waals surface area contributed by atoms with Gasteiger partial charge in [0.1, 0.15) is 0 Å². The highest BCUT2D eigenvalue weighted by Crippen LogP contribution is 2.44. The molecule has 0 radical (unpaired) electrons. The average molecular weight is 527 g/mol. The monoisotopic (exact) mass is 526 g/mol. The summed E-state index contributed by atoms with van der Waals surface area (Å²) in [6.07, 6.45) is 20.4. The molecule has 0 aliphatic carbocycles. The van der Waals surface area contributed by atoms with Crippen LogP contribution in [0.4, 0.5) is 0 Å². The van der Waals surface area contributed by atoms with Gasteiger partial charge in [-0.1, -0.05) is 110 Å². The first-order valence-corrected chi connectivity index (χ1v) is 16.3. The zero-order valence-electron chi connectivity index (χ0n) is 25.5. The van der Waals surface area contributed by atoms with Crippen molar-refractivity contribution in [2.45, 2.75) is 137 Å². The van der Waals surface area contributed by atoms with Crippen LogP contribution in [0.2, 0.25) is 0 Å². The molecule has 2 nitrogen and oxygen atoms in total. The number of aryl methyl sites for hydroxylation is 2. The minimum absolute atomic E-state index is 1.02. The molecule has 39 heavy (non-hydrogen) atoms. The third kappa shape index (κ3) is 9.02. The second-order valence-electron chi connectivity index (χ2n) is 11.5. The third-order valence-electron chi connectivity index (χ3n) is 8.21. The van der Waals surface area contributed by atoms with Crippen LogP contribution in [0.1, 0.15) is 146 Å². The zero-order chi connectivity index (χ0) is 27.9. The van der Waals surface area contributed by atoms with Crippen molar-refractivity contribution in [3.63, 3.8) is 0 Å². The zero-order valence-corrected chi connectivity index (χ0v) is 25.5. The first-order valence-electron chi connectivity index (χ1n) is 16.3. The molecule has 0 unspecified atom stereocenters. The van der Waals surface area contributed by atoms with Gasteiger partial charge in [0.25, 0.3) is 0 Å². The van der Waals surface area contributed by atoms with E-state index in [2.05, 4.69) is 76.2 Å². The highest BCUT2D eigenvalue weighted by atomic mass is 15.2. The fourth-order valence-corrected chi connectivity index (χ4v) is 5.95. The van der Waals surface area contributed by atoms with Crippen molar-refractivity contribution in [1.29, 1.82) is 0 Å². The Hall–Kier alpha value is -2.48. The highest BCUT2D eigenvalue weighted by molar-refractivity contribution is 5.82. The number of hydrogen-bond donors (Lipinski definition) is 0. The van der Waals surface area contributed by atoms with E-state index in [0.717, 1.165) is 61.0 Å². The lowest BCUT2D eigenvalue weighted by Gasteiger charge is -2.12. The molecule has 1 aliphatic heterocycles. The van der Waals surface area contributed by atoms with Crippen LogP contribution in [-0.2, 0) is 12.8 Å². The standard InChI is InChI=1S/C37H54N2/c1-5-9-13-16-21-31-23-19-24-32(29-31)36-34(26-12-8-4)35(27-17-14-10-6-2)37(39(36)38)33-25-18-22-30(28-33)20-15-11-7-3/h18-19,22-25,28-29H,5-17,20-21,26-27H2,1-4H3. The first-order chi connectivity index (χ1) is 19.1. The predicted molar refractivity (Wildman–Crippen MR) is 170 cm³/mol. The Bertz CT molecular complexity index is 1100. The smallest absolute Gasteiger partial charge is 0.211 e. The Morgan fingerprint density at radius 2 is 0.897 bits per heavy atom. The fraction of sp³-hybridized carbons (Fsp3) is 0.568. The summed E-state index contributed by atoms with van der Waals surface area (Å²) in [4.78, 5) is 0. The molecule has 2 aromatic carbocycles. The highest BCUT2D eigenvalue weighted by Gasteiger charge is 2.35. The quantitative estimate of drug-likeness (QED) is 0.128. The normalized spacial score (nSPS) is 13.7. The van der Waals surface area contributed by atoms with E-state index in [1.165, 1.54) is 92.9 Å². The molecule has 0 saturated carbocycles. The summed E-state index contributed by atoms with van der Waals surface area (Å²) in [5.74, 6) is 0. The van der Waals surface area contributed by atoms with Gasteiger partial charge in [0.05, 0.1) is 0 Å². The second kappa shape index (κ2) is 17.3. The van der Waals surface area contributed by atoms with E-state index in [-0.39, 0.29) is 0 Å². The molecule has 0 aromatic heterocycles. The van der Waals surface area contributed by atoms with Gasteiger partial charge in [0, 0.05) is 22.3 Å². The van der Waals surface area contributed by atoms with E-state index in [1.807, 2.05) is 0 Å². The molecule has 3 rings (SSSR count). The van der Waals surface area contributed by atoms with Crippen molar-refractivity contribution in [1.82, 2.24) is 0 Å². The SMILES string of the molecule is CCCCCCC1=C(c2cccc(CCCCC)c2)[N+](=[N-])C(c2cccc(CCCCCC)c2)=C1CCCC. The number of unbranched alkanes of at least 4 members (excludes halogenated alkanes) is 9. The van der Waals surface area contributed by atoms with E-state index >= 15 is 0 Å². The summed E-state index contributed by atoms with van der Waals surface area (Å²) in [6.45, 7) is 9.08. The maximum atomic E-state index is 12.0. The third-order valence-corrected chi connectivity index (χ3v) is 8.21. The number of allylic oxidation sites excluding steroid dienone is 2. The summed E-state index contributed by atoms with van der Waals surface area (Å²) < 4.78 is 1.57. The first kappa shape index (κ1) is 31.1. The summed E-state index contributed by atoms with van der Waals surface area (Å²) in [5, 5.41) is 0. The molecular formula is C37H54N2. The molecule has 0 N–H and O–H groups in total. The number of nitrogens with zero attached hydrogens (tertiary/aromatic N) is 2. The molecule has 0 spiro atoms. The Morgan fingerprint density at radius 3 is 1.38 bits per heavy atom. The van der Waals surface area contributed by atoms with E-state index in [0.29, 0.717) is 0 Å². The van der Waals surface area contributed by atoms with Crippen molar-refractivity contribution in [3.8, 4) is 0 Å². The Morgan fingerprint density at radius 1 is 0.487 bits per heavy atom. The summed E-state index contributed by atoms with van der Waals surface area (Å²) in [7, 11) is 0. The topological polar surface area (TPSA) is 25.3 Å². The minimum Gasteiger partial charge on any atom is -0.493 e. The Balaban J connectivity index is 2.02. The Labute approximate surface area is 240 Å². The van der Waals surface area contributed by atoms with Crippen LogP contribution in [0, 0.1) is 0 Å². The maximum Gasteiger partial charge on any atom is 0.211 e. The number of rotatable bonds is 19. The van der Waals surface area contributed by atoms with Crippen LogP contribution >= 0.6 is 0 Å². The predicted octanol–water partition coefficient (Wildman–Crippen LogP) is 11.9. The van der Waals surface area contributed by atoms with Gasteiger partial charge < -0.3 is 5.53 Å². The molecule has 0 amide bonds. The van der Waals surface area contributed by atoms with E-state index in [1.54, 1.807) is 4.70 Å². The van der Waals surface area contributed by atoms with Crippen molar-refractivity contribution in [2.24, 2.45) is 0 Å². The molecule has 0 atom stereocenters. The molecule has 0 bridgehead atoms. The van der Waals surface area contributed by atoms with E-state index < -0.39 is 0 Å². The minimum atomic E-state index is 1.02. The lowest BCUT2D eigenvalue weighted by molar-refractivity contribution is -0.345. The van der Waals surface area contributed by atoms with Gasteiger partial charge in [-0.3, -0.25) is 0 Å². The van der Waals surface area contributed by atoms with Crippen molar-refractivity contribution >= 4 is 11.4 Å². The second-order valence-corrected chi connectivity index (χ2v) is 11.5. The van der Waals surface area contributed by atoms with Crippen molar-refractivity contribution in [2.75, 3.05) is 0 Å². The van der Waals surface area contributed by atoms with Gasteiger partial charge in [-0.25, -0.2) is 4.70 Å². The van der Waals surface area contributed by atoms with Gasteiger partial charge in [-0.05, 0) is 86.8 Å². The van der Waals surface area contributed by atoms with Crippen LogP contribution in [0.5, 0.6) is 0 Å². The molecule has 2 heteroatoms. The number of benzene rings is 2. The van der Waals surface area contributed by atoms with Crippen LogP contribution in [0.15, 0.2) is 59.7 Å². The van der Waals surface area contributed by atoms with Crippen LogP contribution in [-0.4, -0.2) is 4.70 Å². The lowest BCUT2D eigenvalue weighted by Crippen LogP contribution is -2.03. The average Bonchev–Trinajstić information content (AvgIpc) is 3.23. The van der Waals surface area contributed by atoms with Gasteiger partial charge in [-0.2, -0.15) is 0 Å². The summed E-state index contributed by atoms with van der Waals surface area (Å²) >= 11 is 0. The largest absolute Gasteiger partial charge is 0.493 e. The summed E-state index contributed by atoms with van der Waals surface area (Å²) in [6, 6.07) is 18.0. The fourth-order valence-electron chi connectivity index (χ4n) is 5.95. The van der Waals surface area contributed by atoms with Gasteiger partial charge >= 0.3 is 0 Å². The van der Waals surface area contributed by atoms with E-state index in [9.17, 15) is 5.53 Å². The molecule has 1 aliphatic rings. The van der Waals surface area contributed by atoms with Crippen LogP contribution in [0.3, 0.4) is 0 Å². The molecule has 2 aromatic rings. The molecule has 212 valence electrons.